The van der Waals surface area contributed by atoms with Gasteiger partial charge in [-0.25, -0.2) is 4.98 Å². The summed E-state index contributed by atoms with van der Waals surface area (Å²) in [5, 5.41) is 20.6. The van der Waals surface area contributed by atoms with Gasteiger partial charge in [0.15, 0.2) is 11.5 Å². The first-order chi connectivity index (χ1) is 16.4. The largest absolute Gasteiger partial charge is 0.493 e. The molecule has 1 aromatic heterocycles. The van der Waals surface area contributed by atoms with Gasteiger partial charge in [0.1, 0.15) is 18.5 Å². The first kappa shape index (κ1) is 23.0. The summed E-state index contributed by atoms with van der Waals surface area (Å²) >= 11 is 3.54. The van der Waals surface area contributed by atoms with Crippen molar-refractivity contribution in [2.75, 3.05) is 7.11 Å². The highest BCUT2D eigenvalue weighted by atomic mass is 79.9. The zero-order valence-corrected chi connectivity index (χ0v) is 19.9. The summed E-state index contributed by atoms with van der Waals surface area (Å²) in [6.45, 7) is 2.20. The molecule has 1 heterocycles. The van der Waals surface area contributed by atoms with Gasteiger partial charge in [0.2, 0.25) is 0 Å². The highest BCUT2D eigenvalue weighted by Gasteiger charge is 2.13. The highest BCUT2D eigenvalue weighted by Crippen LogP contribution is 2.36. The van der Waals surface area contributed by atoms with Crippen molar-refractivity contribution in [2.24, 2.45) is 0 Å². The van der Waals surface area contributed by atoms with E-state index >= 15 is 0 Å². The Morgan fingerprint density at radius 1 is 1.21 bits per heavy atom. The smallest absolute Gasteiger partial charge is 0.269 e. The van der Waals surface area contributed by atoms with Crippen LogP contribution in [-0.2, 0) is 6.61 Å². The Hall–Kier alpha value is -4.16. The first-order valence-corrected chi connectivity index (χ1v) is 11.0. The Morgan fingerprint density at radius 2 is 1.97 bits per heavy atom. The normalized spacial score (nSPS) is 11.3. The molecule has 170 valence electrons. The molecular formula is C25H19BrN4O4. The number of nitro benzene ring substituents is 1. The number of hydrogen-bond acceptors (Lipinski definition) is 6. The lowest BCUT2D eigenvalue weighted by atomic mass is 10.1. The molecule has 0 spiro atoms. The molecule has 34 heavy (non-hydrogen) atoms. The maximum atomic E-state index is 10.8. The van der Waals surface area contributed by atoms with Gasteiger partial charge in [-0.3, -0.25) is 10.1 Å². The molecule has 4 aromatic rings. The van der Waals surface area contributed by atoms with Gasteiger partial charge in [-0.15, -0.1) is 0 Å². The highest BCUT2D eigenvalue weighted by molar-refractivity contribution is 9.10. The minimum Gasteiger partial charge on any atom is -0.493 e. The maximum absolute atomic E-state index is 10.8. The summed E-state index contributed by atoms with van der Waals surface area (Å²) in [5.41, 5.74) is 4.63. The molecule has 0 aliphatic rings. The lowest BCUT2D eigenvalue weighted by molar-refractivity contribution is -0.384. The van der Waals surface area contributed by atoms with Crippen LogP contribution >= 0.6 is 15.9 Å². The van der Waals surface area contributed by atoms with E-state index in [1.165, 1.54) is 19.2 Å². The van der Waals surface area contributed by atoms with Crippen molar-refractivity contribution in [1.82, 2.24) is 9.97 Å². The molecule has 0 saturated heterocycles. The minimum absolute atomic E-state index is 0.0214. The lowest BCUT2D eigenvalue weighted by Crippen LogP contribution is -1.99. The van der Waals surface area contributed by atoms with Crippen molar-refractivity contribution in [3.63, 3.8) is 0 Å². The number of allylic oxidation sites excluding steroid dienone is 1. The predicted molar refractivity (Wildman–Crippen MR) is 132 cm³/mol. The number of benzene rings is 3. The number of non-ortho nitro benzene ring substituents is 1. The van der Waals surface area contributed by atoms with Crippen LogP contribution in [0.5, 0.6) is 11.5 Å². The Labute approximate surface area is 203 Å². The molecule has 3 aromatic carbocycles. The second-order valence-corrected chi connectivity index (χ2v) is 8.37. The molecule has 0 radical (unpaired) electrons. The summed E-state index contributed by atoms with van der Waals surface area (Å²) in [7, 11) is 1.53. The van der Waals surface area contributed by atoms with E-state index in [-0.39, 0.29) is 12.3 Å². The maximum Gasteiger partial charge on any atom is 0.269 e. The van der Waals surface area contributed by atoms with Crippen molar-refractivity contribution >= 4 is 44.3 Å². The number of aryl methyl sites for hydroxylation is 1. The fraction of sp³-hybridized carbons (Fsp3) is 0.120. The monoisotopic (exact) mass is 518 g/mol. The number of methoxy groups -OCH3 is 1. The van der Waals surface area contributed by atoms with Crippen LogP contribution in [0.3, 0.4) is 0 Å². The van der Waals surface area contributed by atoms with Crippen LogP contribution in [0.1, 0.15) is 22.5 Å². The molecule has 0 aliphatic carbocycles. The minimum atomic E-state index is -0.446. The van der Waals surface area contributed by atoms with Crippen LogP contribution in [0.4, 0.5) is 5.69 Å². The van der Waals surface area contributed by atoms with Crippen LogP contribution in [0.2, 0.25) is 0 Å². The quantitative estimate of drug-likeness (QED) is 0.177. The fourth-order valence-corrected chi connectivity index (χ4v) is 3.81. The topological polar surface area (TPSA) is 114 Å². The number of aromatic nitrogens is 2. The standard InChI is InChI=1S/C25H19BrN4O4/c1-15-3-8-21-22(9-15)29-25(28-21)18(13-27)10-17-11-23(33-2)24(12-20(17)26)34-14-16-4-6-19(7-5-16)30(31)32/h3-12H,14H2,1-2H3,(H,28,29)/b18-10-. The summed E-state index contributed by atoms with van der Waals surface area (Å²) < 4.78 is 12.1. The van der Waals surface area contributed by atoms with Gasteiger partial charge < -0.3 is 14.5 Å². The third-order valence-electron chi connectivity index (χ3n) is 5.14. The van der Waals surface area contributed by atoms with Gasteiger partial charge in [0, 0.05) is 16.6 Å². The fourth-order valence-electron chi connectivity index (χ4n) is 3.37. The Morgan fingerprint density at radius 3 is 2.65 bits per heavy atom. The molecule has 0 bridgehead atoms. The van der Waals surface area contributed by atoms with Crippen LogP contribution in [0.25, 0.3) is 22.7 Å². The summed E-state index contributed by atoms with van der Waals surface area (Å²) in [6, 6.07) is 17.7. The number of nitro groups is 1. The third kappa shape index (κ3) is 4.92. The van der Waals surface area contributed by atoms with Crippen molar-refractivity contribution in [2.45, 2.75) is 13.5 Å². The molecule has 9 heteroatoms. The number of aromatic amines is 1. The van der Waals surface area contributed by atoms with Crippen molar-refractivity contribution < 1.29 is 14.4 Å². The van der Waals surface area contributed by atoms with Crippen LogP contribution < -0.4 is 9.47 Å². The van der Waals surface area contributed by atoms with E-state index in [0.717, 1.165) is 22.2 Å². The van der Waals surface area contributed by atoms with Crippen molar-refractivity contribution in [1.29, 1.82) is 5.26 Å². The zero-order valence-electron chi connectivity index (χ0n) is 18.3. The molecule has 0 unspecified atom stereocenters. The SMILES string of the molecule is COc1cc(/C=C(/C#N)c2nc3ccc(C)cc3[nH]2)c(Br)cc1OCc1ccc([N+](=O)[O-])cc1. The summed E-state index contributed by atoms with van der Waals surface area (Å²) in [6.07, 6.45) is 1.72. The number of imidazole rings is 1. The zero-order chi connectivity index (χ0) is 24.2. The molecule has 0 atom stereocenters. The molecule has 8 nitrogen and oxygen atoms in total. The van der Waals surface area contributed by atoms with Gasteiger partial charge in [-0.1, -0.05) is 22.0 Å². The molecule has 0 fully saturated rings. The van der Waals surface area contributed by atoms with E-state index in [0.29, 0.717) is 32.9 Å². The molecule has 0 saturated carbocycles. The van der Waals surface area contributed by atoms with Crippen LogP contribution in [0.15, 0.2) is 59.1 Å². The second kappa shape index (κ2) is 9.77. The van der Waals surface area contributed by atoms with Gasteiger partial charge in [0.05, 0.1) is 28.6 Å². The van der Waals surface area contributed by atoms with E-state index in [1.54, 1.807) is 30.3 Å². The molecule has 1 N–H and O–H groups in total. The Kier molecular flexibility index (Phi) is 6.61. The first-order valence-electron chi connectivity index (χ1n) is 10.2. The number of H-pyrrole nitrogens is 1. The van der Waals surface area contributed by atoms with E-state index in [9.17, 15) is 15.4 Å². The molecule has 4 rings (SSSR count). The van der Waals surface area contributed by atoms with Crippen molar-refractivity contribution in [3.05, 3.63) is 91.7 Å². The lowest BCUT2D eigenvalue weighted by Gasteiger charge is -2.13. The number of nitriles is 1. The number of nitrogens with one attached hydrogen (secondary N) is 1. The number of fused-ring (bicyclic) bond motifs is 1. The summed E-state index contributed by atoms with van der Waals surface area (Å²) in [5.74, 6) is 1.45. The number of rotatable bonds is 7. The molecule has 0 aliphatic heterocycles. The van der Waals surface area contributed by atoms with E-state index in [1.807, 2.05) is 25.1 Å². The van der Waals surface area contributed by atoms with Gasteiger partial charge in [0.25, 0.3) is 5.69 Å². The number of ether oxygens (including phenoxy) is 2. The van der Waals surface area contributed by atoms with Crippen molar-refractivity contribution in [3.8, 4) is 17.6 Å². The van der Waals surface area contributed by atoms with E-state index < -0.39 is 4.92 Å². The van der Waals surface area contributed by atoms with E-state index in [2.05, 4.69) is 32.0 Å². The third-order valence-corrected chi connectivity index (χ3v) is 5.82. The summed E-state index contributed by atoms with van der Waals surface area (Å²) in [4.78, 5) is 18.1. The average molecular weight is 519 g/mol. The van der Waals surface area contributed by atoms with Gasteiger partial charge >= 0.3 is 0 Å². The molecular weight excluding hydrogens is 500 g/mol. The average Bonchev–Trinajstić information content (AvgIpc) is 3.25. The number of nitrogens with zero attached hydrogens (tertiary/aromatic N) is 3. The van der Waals surface area contributed by atoms with Gasteiger partial charge in [-0.2, -0.15) is 5.26 Å². The van der Waals surface area contributed by atoms with Gasteiger partial charge in [-0.05, 0) is 66.1 Å². The van der Waals surface area contributed by atoms with E-state index in [4.69, 9.17) is 9.47 Å². The molecule has 0 amide bonds. The van der Waals surface area contributed by atoms with Crippen LogP contribution in [-0.4, -0.2) is 22.0 Å². The second-order valence-electron chi connectivity index (χ2n) is 7.51. The van der Waals surface area contributed by atoms with Crippen LogP contribution in [0, 0.1) is 28.4 Å². The predicted octanol–water partition coefficient (Wildman–Crippen LogP) is 6.19. The number of hydrogen-bond donors (Lipinski definition) is 1. The Bertz CT molecular complexity index is 1450. The number of halogens is 1. The Balaban J connectivity index is 1.60.